The summed E-state index contributed by atoms with van der Waals surface area (Å²) in [5.41, 5.74) is 3.50. The average Bonchev–Trinajstić information content (AvgIpc) is 2.99. The summed E-state index contributed by atoms with van der Waals surface area (Å²) < 4.78 is 6.89. The van der Waals surface area contributed by atoms with Crippen LogP contribution in [0.1, 0.15) is 16.1 Å². The molecule has 2 N–H and O–H groups in total. The van der Waals surface area contributed by atoms with Gasteiger partial charge in [0.05, 0.1) is 18.2 Å². The van der Waals surface area contributed by atoms with E-state index in [-0.39, 0.29) is 17.0 Å². The van der Waals surface area contributed by atoms with E-state index >= 15 is 0 Å². The van der Waals surface area contributed by atoms with Crippen molar-refractivity contribution in [2.75, 3.05) is 7.11 Å². The molecule has 0 aliphatic carbocycles. The number of benzene rings is 2. The number of carbonyl (C=O) groups is 1. The number of nitrogens with one attached hydrogen (secondary N) is 1. The number of amides is 1. The standard InChI is InChI=1S/C18H16N4O5/c1-21-15-5-4-14(27-2)8-11(15)9-16(21)18(24)20-19-10-12-7-13(22(25)26)3-6-17(12)23/h3-10,23H,1-2H3,(H,20,24)/b19-10-. The van der Waals surface area contributed by atoms with Crippen molar-refractivity contribution in [3.8, 4) is 11.5 Å². The number of nitro benzene ring substituents is 1. The number of non-ortho nitro benzene ring substituents is 1. The molecule has 3 rings (SSSR count). The van der Waals surface area contributed by atoms with E-state index < -0.39 is 10.8 Å². The zero-order valence-corrected chi connectivity index (χ0v) is 14.5. The molecular formula is C18H16N4O5. The predicted molar refractivity (Wildman–Crippen MR) is 99.3 cm³/mol. The van der Waals surface area contributed by atoms with Gasteiger partial charge in [-0.15, -0.1) is 0 Å². The highest BCUT2D eigenvalue weighted by Gasteiger charge is 2.14. The molecule has 0 bridgehead atoms. The van der Waals surface area contributed by atoms with Gasteiger partial charge in [-0.3, -0.25) is 14.9 Å². The number of aryl methyl sites for hydroxylation is 1. The van der Waals surface area contributed by atoms with E-state index in [1.165, 1.54) is 12.1 Å². The molecule has 0 aliphatic rings. The second-order valence-electron chi connectivity index (χ2n) is 5.71. The van der Waals surface area contributed by atoms with Crippen LogP contribution in [0, 0.1) is 10.1 Å². The van der Waals surface area contributed by atoms with Crippen LogP contribution in [0.5, 0.6) is 11.5 Å². The number of aromatic nitrogens is 1. The van der Waals surface area contributed by atoms with Crippen molar-refractivity contribution in [1.82, 2.24) is 9.99 Å². The molecule has 0 atom stereocenters. The Labute approximate surface area is 153 Å². The first-order valence-electron chi connectivity index (χ1n) is 7.85. The number of methoxy groups -OCH3 is 1. The molecule has 3 aromatic rings. The molecule has 27 heavy (non-hydrogen) atoms. The van der Waals surface area contributed by atoms with Crippen molar-refractivity contribution in [1.29, 1.82) is 0 Å². The Morgan fingerprint density at radius 3 is 2.78 bits per heavy atom. The van der Waals surface area contributed by atoms with Crippen molar-refractivity contribution in [2.24, 2.45) is 12.1 Å². The molecule has 0 saturated carbocycles. The normalized spacial score (nSPS) is 11.0. The minimum atomic E-state index is -0.584. The zero-order chi connectivity index (χ0) is 19.6. The number of carbonyl (C=O) groups excluding carboxylic acids is 1. The van der Waals surface area contributed by atoms with Gasteiger partial charge >= 0.3 is 0 Å². The smallest absolute Gasteiger partial charge is 0.287 e. The monoisotopic (exact) mass is 368 g/mol. The largest absolute Gasteiger partial charge is 0.507 e. The maximum Gasteiger partial charge on any atom is 0.287 e. The van der Waals surface area contributed by atoms with E-state index in [1.807, 2.05) is 12.1 Å². The summed E-state index contributed by atoms with van der Waals surface area (Å²) in [5, 5.41) is 25.2. The minimum absolute atomic E-state index is 0.117. The van der Waals surface area contributed by atoms with Gasteiger partial charge in [0.25, 0.3) is 11.6 Å². The zero-order valence-electron chi connectivity index (χ0n) is 14.5. The van der Waals surface area contributed by atoms with E-state index in [1.54, 1.807) is 30.9 Å². The topological polar surface area (TPSA) is 119 Å². The van der Waals surface area contributed by atoms with Crippen molar-refractivity contribution in [2.45, 2.75) is 0 Å². The Kier molecular flexibility index (Phi) is 4.75. The fourth-order valence-electron chi connectivity index (χ4n) is 2.65. The highest BCUT2D eigenvalue weighted by molar-refractivity contribution is 5.99. The summed E-state index contributed by atoms with van der Waals surface area (Å²) in [6.45, 7) is 0. The number of fused-ring (bicyclic) bond motifs is 1. The van der Waals surface area contributed by atoms with Gasteiger partial charge in [-0.05, 0) is 30.3 Å². The van der Waals surface area contributed by atoms with E-state index in [0.29, 0.717) is 11.4 Å². The Morgan fingerprint density at radius 1 is 1.30 bits per heavy atom. The number of phenolic OH excluding ortho intramolecular Hbond substituents is 1. The molecular weight excluding hydrogens is 352 g/mol. The SMILES string of the molecule is COc1ccc2c(c1)cc(C(=O)N/N=C\c1cc([N+](=O)[O-])ccc1O)n2C. The van der Waals surface area contributed by atoms with Gasteiger partial charge in [-0.2, -0.15) is 5.10 Å². The van der Waals surface area contributed by atoms with Crippen LogP contribution in [-0.4, -0.2) is 33.8 Å². The lowest BCUT2D eigenvalue weighted by atomic mass is 10.2. The summed E-state index contributed by atoms with van der Waals surface area (Å²) in [6, 6.07) is 10.7. The van der Waals surface area contributed by atoms with Crippen molar-refractivity contribution in [3.63, 3.8) is 0 Å². The number of nitro groups is 1. The Morgan fingerprint density at radius 2 is 2.07 bits per heavy atom. The highest BCUT2D eigenvalue weighted by Crippen LogP contribution is 2.24. The second kappa shape index (κ2) is 7.16. The number of rotatable bonds is 5. The van der Waals surface area contributed by atoms with Gasteiger partial charge in [0.2, 0.25) is 0 Å². The molecule has 0 radical (unpaired) electrons. The maximum atomic E-state index is 12.4. The molecule has 2 aromatic carbocycles. The summed E-state index contributed by atoms with van der Waals surface area (Å²) in [7, 11) is 3.32. The highest BCUT2D eigenvalue weighted by atomic mass is 16.6. The quantitative estimate of drug-likeness (QED) is 0.407. The van der Waals surface area contributed by atoms with Crippen LogP contribution in [0.3, 0.4) is 0 Å². The number of nitrogens with zero attached hydrogens (tertiary/aromatic N) is 3. The summed E-state index contributed by atoms with van der Waals surface area (Å²) in [5.74, 6) is 0.0309. The van der Waals surface area contributed by atoms with Crippen LogP contribution < -0.4 is 10.2 Å². The van der Waals surface area contributed by atoms with Gasteiger partial charge in [0.15, 0.2) is 0 Å². The molecule has 0 spiro atoms. The Balaban J connectivity index is 1.81. The molecule has 1 aromatic heterocycles. The lowest BCUT2D eigenvalue weighted by Gasteiger charge is -2.03. The fourth-order valence-corrected chi connectivity index (χ4v) is 2.65. The van der Waals surface area contributed by atoms with E-state index in [9.17, 15) is 20.0 Å². The van der Waals surface area contributed by atoms with E-state index in [4.69, 9.17) is 4.74 Å². The fraction of sp³-hybridized carbons (Fsp3) is 0.111. The molecule has 138 valence electrons. The van der Waals surface area contributed by atoms with Gasteiger partial charge in [-0.25, -0.2) is 5.43 Å². The summed E-state index contributed by atoms with van der Waals surface area (Å²) in [4.78, 5) is 22.6. The lowest BCUT2D eigenvalue weighted by Crippen LogP contribution is -2.20. The molecule has 9 nitrogen and oxygen atoms in total. The predicted octanol–water partition coefficient (Wildman–Crippen LogP) is 2.56. The van der Waals surface area contributed by atoms with Gasteiger partial charge < -0.3 is 14.4 Å². The number of phenols is 1. The molecule has 1 heterocycles. The summed E-state index contributed by atoms with van der Waals surface area (Å²) in [6.07, 6.45) is 1.14. The van der Waals surface area contributed by atoms with Crippen LogP contribution in [0.2, 0.25) is 0 Å². The van der Waals surface area contributed by atoms with Crippen LogP contribution in [0.25, 0.3) is 10.9 Å². The summed E-state index contributed by atoms with van der Waals surface area (Å²) >= 11 is 0. The Hall–Kier alpha value is -3.88. The molecule has 0 saturated heterocycles. The van der Waals surface area contributed by atoms with Gasteiger partial charge in [0, 0.05) is 35.6 Å². The van der Waals surface area contributed by atoms with Crippen LogP contribution >= 0.6 is 0 Å². The Bertz CT molecular complexity index is 1070. The van der Waals surface area contributed by atoms with E-state index in [2.05, 4.69) is 10.5 Å². The average molecular weight is 368 g/mol. The minimum Gasteiger partial charge on any atom is -0.507 e. The third-order valence-corrected chi connectivity index (χ3v) is 4.07. The molecule has 9 heteroatoms. The molecule has 0 fully saturated rings. The second-order valence-corrected chi connectivity index (χ2v) is 5.71. The van der Waals surface area contributed by atoms with Gasteiger partial charge in [0.1, 0.15) is 17.2 Å². The van der Waals surface area contributed by atoms with Crippen LogP contribution in [0.15, 0.2) is 47.6 Å². The molecule has 0 aliphatic heterocycles. The number of hydrogen-bond donors (Lipinski definition) is 2. The first-order valence-corrected chi connectivity index (χ1v) is 7.85. The van der Waals surface area contributed by atoms with Crippen molar-refractivity contribution >= 4 is 28.7 Å². The van der Waals surface area contributed by atoms with Gasteiger partial charge in [-0.1, -0.05) is 0 Å². The first kappa shape index (κ1) is 17.9. The molecule has 0 unspecified atom stereocenters. The third kappa shape index (κ3) is 3.56. The van der Waals surface area contributed by atoms with E-state index in [0.717, 1.165) is 23.2 Å². The van der Waals surface area contributed by atoms with Crippen molar-refractivity contribution in [3.05, 3.63) is 63.8 Å². The molecule has 1 amide bonds. The maximum absolute atomic E-state index is 12.4. The number of aromatic hydroxyl groups is 1. The van der Waals surface area contributed by atoms with Crippen LogP contribution in [-0.2, 0) is 7.05 Å². The third-order valence-electron chi connectivity index (χ3n) is 4.07. The van der Waals surface area contributed by atoms with Crippen molar-refractivity contribution < 1.29 is 19.6 Å². The number of ether oxygens (including phenoxy) is 1. The first-order chi connectivity index (χ1) is 12.9. The number of hydrazone groups is 1. The van der Waals surface area contributed by atoms with Crippen LogP contribution in [0.4, 0.5) is 5.69 Å². The lowest BCUT2D eigenvalue weighted by molar-refractivity contribution is -0.384. The number of hydrogen-bond acceptors (Lipinski definition) is 6.